The maximum atomic E-state index is 13.0. The molecule has 0 bridgehead atoms. The van der Waals surface area contributed by atoms with E-state index in [0.29, 0.717) is 17.6 Å². The molecule has 0 radical (unpaired) electrons. The van der Waals surface area contributed by atoms with Gasteiger partial charge in [-0.25, -0.2) is 0 Å². The number of carbonyl (C=O) groups excluding carboxylic acids is 2. The predicted molar refractivity (Wildman–Crippen MR) is 111 cm³/mol. The van der Waals surface area contributed by atoms with Gasteiger partial charge in [0.05, 0.1) is 19.0 Å². The summed E-state index contributed by atoms with van der Waals surface area (Å²) in [6.45, 7) is 6.56. The van der Waals surface area contributed by atoms with Crippen molar-refractivity contribution >= 4 is 17.5 Å². The van der Waals surface area contributed by atoms with E-state index in [1.165, 1.54) is 5.56 Å². The van der Waals surface area contributed by atoms with E-state index in [4.69, 9.17) is 5.73 Å². The van der Waals surface area contributed by atoms with Gasteiger partial charge in [-0.05, 0) is 37.8 Å². The summed E-state index contributed by atoms with van der Waals surface area (Å²) in [5, 5.41) is 3.11. The van der Waals surface area contributed by atoms with Crippen LogP contribution >= 0.6 is 0 Å². The molecule has 3 rings (SSSR count). The minimum absolute atomic E-state index is 0.0153. The molecule has 3 N–H and O–H groups in total. The van der Waals surface area contributed by atoms with Gasteiger partial charge in [0.15, 0.2) is 6.54 Å². The van der Waals surface area contributed by atoms with Gasteiger partial charge in [-0.15, -0.1) is 0 Å². The summed E-state index contributed by atoms with van der Waals surface area (Å²) >= 11 is 0. The van der Waals surface area contributed by atoms with Gasteiger partial charge in [-0.1, -0.05) is 48.5 Å². The van der Waals surface area contributed by atoms with Gasteiger partial charge < -0.3 is 15.5 Å². The number of rotatable bonds is 6. The first-order valence-corrected chi connectivity index (χ1v) is 9.93. The zero-order chi connectivity index (χ0) is 20.1. The topological polar surface area (TPSA) is 72.2 Å². The number of benzene rings is 2. The lowest BCUT2D eigenvalue weighted by molar-refractivity contribution is -0.940. The second-order valence-electron chi connectivity index (χ2n) is 8.11. The monoisotopic (exact) mass is 380 g/mol. The number of likely N-dealkylation sites (tertiary alicyclic amines) is 1. The number of para-hydroxylation sites is 1. The van der Waals surface area contributed by atoms with Gasteiger partial charge >= 0.3 is 0 Å². The molecule has 1 fully saturated rings. The molecule has 2 aromatic carbocycles. The molecule has 0 aromatic heterocycles. The number of nitrogens with zero attached hydrogens (tertiary/aromatic N) is 1. The Morgan fingerprint density at radius 1 is 1.07 bits per heavy atom. The molecule has 0 aliphatic carbocycles. The number of hydrogen-bond acceptors (Lipinski definition) is 2. The van der Waals surface area contributed by atoms with Crippen LogP contribution in [0.1, 0.15) is 29.5 Å². The molecule has 2 atom stereocenters. The van der Waals surface area contributed by atoms with Crippen LogP contribution in [0.15, 0.2) is 48.5 Å². The van der Waals surface area contributed by atoms with E-state index in [2.05, 4.69) is 17.4 Å². The molecular weight excluding hydrogens is 350 g/mol. The van der Waals surface area contributed by atoms with Crippen LogP contribution in [0.4, 0.5) is 5.69 Å². The number of aryl methyl sites for hydroxylation is 2. The van der Waals surface area contributed by atoms with Crippen molar-refractivity contribution < 1.29 is 14.1 Å². The fraction of sp³-hybridized carbons (Fsp3) is 0.391. The Morgan fingerprint density at radius 2 is 1.75 bits per heavy atom. The van der Waals surface area contributed by atoms with E-state index in [0.717, 1.165) is 42.7 Å². The highest BCUT2D eigenvalue weighted by Gasteiger charge is 2.39. The minimum atomic E-state index is -0.259. The molecule has 1 saturated heterocycles. The predicted octanol–water partition coefficient (Wildman–Crippen LogP) is 3.15. The van der Waals surface area contributed by atoms with Crippen molar-refractivity contribution in [3.63, 3.8) is 0 Å². The lowest BCUT2D eigenvalue weighted by atomic mass is 9.94. The van der Waals surface area contributed by atoms with Crippen LogP contribution < -0.4 is 11.1 Å². The first kappa shape index (κ1) is 20.1. The average molecular weight is 381 g/mol. The van der Waals surface area contributed by atoms with Crippen molar-refractivity contribution in [2.45, 2.75) is 33.2 Å². The van der Waals surface area contributed by atoms with E-state index in [1.807, 2.05) is 50.2 Å². The summed E-state index contributed by atoms with van der Waals surface area (Å²) in [6.07, 6.45) is 1.71. The largest absolute Gasteiger partial charge is 0.369 e. The average Bonchev–Trinajstić information content (AvgIpc) is 2.65. The molecule has 1 aliphatic rings. The van der Waals surface area contributed by atoms with Gasteiger partial charge in [0.25, 0.3) is 5.91 Å². The second kappa shape index (κ2) is 8.57. The number of nitrogens with one attached hydrogen (secondary N) is 1. The van der Waals surface area contributed by atoms with Crippen molar-refractivity contribution in [2.75, 3.05) is 25.0 Å². The highest BCUT2D eigenvalue weighted by Crippen LogP contribution is 2.27. The summed E-state index contributed by atoms with van der Waals surface area (Å²) in [4.78, 5) is 24.9. The number of carbonyl (C=O) groups is 2. The quantitative estimate of drug-likeness (QED) is 0.756. The summed E-state index contributed by atoms with van der Waals surface area (Å²) < 4.78 is 0.564. The third-order valence-corrected chi connectivity index (χ3v) is 5.78. The number of quaternary nitrogens is 1. The molecular formula is C23H30N3O2+. The van der Waals surface area contributed by atoms with Crippen molar-refractivity contribution in [1.29, 1.82) is 0 Å². The van der Waals surface area contributed by atoms with Gasteiger partial charge in [0.2, 0.25) is 5.91 Å². The Hall–Kier alpha value is -2.66. The van der Waals surface area contributed by atoms with E-state index in [-0.39, 0.29) is 17.7 Å². The van der Waals surface area contributed by atoms with E-state index < -0.39 is 0 Å². The molecule has 0 saturated carbocycles. The zero-order valence-electron chi connectivity index (χ0n) is 16.8. The fourth-order valence-electron chi connectivity index (χ4n) is 4.36. The van der Waals surface area contributed by atoms with Crippen LogP contribution in [-0.2, 0) is 16.1 Å². The van der Waals surface area contributed by atoms with Crippen LogP contribution in [0, 0.1) is 19.8 Å². The second-order valence-corrected chi connectivity index (χ2v) is 8.11. The van der Waals surface area contributed by atoms with Gasteiger partial charge in [0, 0.05) is 11.3 Å². The van der Waals surface area contributed by atoms with E-state index in [9.17, 15) is 9.59 Å². The molecule has 148 valence electrons. The highest BCUT2D eigenvalue weighted by atomic mass is 16.2. The smallest absolute Gasteiger partial charge is 0.279 e. The number of primary amides is 1. The molecule has 2 unspecified atom stereocenters. The maximum absolute atomic E-state index is 13.0. The summed E-state index contributed by atoms with van der Waals surface area (Å²) in [7, 11) is 0. The molecule has 28 heavy (non-hydrogen) atoms. The zero-order valence-corrected chi connectivity index (χ0v) is 16.8. The Bertz CT molecular complexity index is 830. The Kier molecular flexibility index (Phi) is 6.15. The summed E-state index contributed by atoms with van der Waals surface area (Å²) in [5.74, 6) is -0.450. The van der Waals surface area contributed by atoms with Crippen LogP contribution in [0.2, 0.25) is 0 Å². The fourth-order valence-corrected chi connectivity index (χ4v) is 4.36. The Balaban J connectivity index is 1.82. The first-order chi connectivity index (χ1) is 13.4. The number of nitrogens with two attached hydrogens (primary N) is 1. The SMILES string of the molecule is Cc1cccc(C)c1NC(=O)C[N+]1(Cc2ccccc2)CCCC(C(N)=O)C1. The third-order valence-electron chi connectivity index (χ3n) is 5.78. The van der Waals surface area contributed by atoms with Crippen LogP contribution in [-0.4, -0.2) is 35.9 Å². The van der Waals surface area contributed by atoms with Crippen molar-refractivity contribution in [1.82, 2.24) is 0 Å². The maximum Gasteiger partial charge on any atom is 0.279 e. The first-order valence-electron chi connectivity index (χ1n) is 9.93. The molecule has 2 aromatic rings. The number of piperidine rings is 1. The van der Waals surface area contributed by atoms with Crippen molar-refractivity contribution in [2.24, 2.45) is 11.7 Å². The number of anilines is 1. The van der Waals surface area contributed by atoms with Crippen LogP contribution in [0.25, 0.3) is 0 Å². The summed E-state index contributed by atoms with van der Waals surface area (Å²) in [6, 6.07) is 16.2. The lowest BCUT2D eigenvalue weighted by Gasteiger charge is -2.43. The summed E-state index contributed by atoms with van der Waals surface area (Å²) in [5.41, 5.74) is 9.79. The third kappa shape index (κ3) is 4.78. The van der Waals surface area contributed by atoms with E-state index in [1.54, 1.807) is 0 Å². The highest BCUT2D eigenvalue weighted by molar-refractivity contribution is 5.93. The minimum Gasteiger partial charge on any atom is -0.369 e. The molecule has 5 nitrogen and oxygen atoms in total. The number of hydrogen-bond donors (Lipinski definition) is 2. The normalized spacial score (nSPS) is 21.9. The van der Waals surface area contributed by atoms with Crippen LogP contribution in [0.3, 0.4) is 0 Å². The molecule has 1 heterocycles. The lowest BCUT2D eigenvalue weighted by Crippen LogP contribution is -2.58. The van der Waals surface area contributed by atoms with Gasteiger partial charge in [-0.3, -0.25) is 9.59 Å². The molecule has 5 heteroatoms. The van der Waals surface area contributed by atoms with Gasteiger partial charge in [0.1, 0.15) is 6.54 Å². The Morgan fingerprint density at radius 3 is 2.39 bits per heavy atom. The Labute approximate surface area is 167 Å². The molecule has 2 amide bonds. The molecule has 0 spiro atoms. The van der Waals surface area contributed by atoms with Gasteiger partial charge in [-0.2, -0.15) is 0 Å². The van der Waals surface area contributed by atoms with Crippen molar-refractivity contribution in [3.8, 4) is 0 Å². The number of amides is 2. The van der Waals surface area contributed by atoms with E-state index >= 15 is 0 Å². The van der Waals surface area contributed by atoms with Crippen LogP contribution in [0.5, 0.6) is 0 Å². The molecule has 1 aliphatic heterocycles. The van der Waals surface area contributed by atoms with Crippen molar-refractivity contribution in [3.05, 3.63) is 65.2 Å². The standard InChI is InChI=1S/C23H29N3O2/c1-17-8-6-9-18(2)22(17)25-21(27)16-26(14-19-10-4-3-5-11-19)13-7-12-20(15-26)23(24)28/h3-6,8-11,20H,7,12-16H2,1-2H3,(H2-,24,25,27,28)/p+1.